The molecule has 0 saturated carbocycles. The van der Waals surface area contributed by atoms with Crippen molar-refractivity contribution >= 4 is 11.6 Å². The third-order valence-electron chi connectivity index (χ3n) is 2.35. The lowest BCUT2D eigenvalue weighted by atomic mass is 10.2. The molecule has 0 amide bonds. The third-order valence-corrected chi connectivity index (χ3v) is 2.66. The van der Waals surface area contributed by atoms with Crippen LogP contribution in [0.2, 0.25) is 5.02 Å². The Bertz CT molecular complexity index is 529. The molecule has 0 aliphatic heterocycles. The summed E-state index contributed by atoms with van der Waals surface area (Å²) in [4.78, 5) is 4.15. The van der Waals surface area contributed by atoms with Gasteiger partial charge in [-0.15, -0.1) is 0 Å². The Labute approximate surface area is 105 Å². The molecular formula is C13H13ClN2O. The first-order valence-corrected chi connectivity index (χ1v) is 5.66. The number of hydrogen-bond acceptors (Lipinski definition) is 3. The number of rotatable bonds is 3. The summed E-state index contributed by atoms with van der Waals surface area (Å²) in [6.07, 6.45) is 1.69. The molecule has 0 unspecified atom stereocenters. The summed E-state index contributed by atoms with van der Waals surface area (Å²) in [5.74, 6) is 1.26. The van der Waals surface area contributed by atoms with Crippen LogP contribution < -0.4 is 10.5 Å². The minimum absolute atomic E-state index is 0.333. The van der Waals surface area contributed by atoms with Crippen LogP contribution in [-0.2, 0) is 6.54 Å². The zero-order chi connectivity index (χ0) is 12.3. The number of halogens is 1. The van der Waals surface area contributed by atoms with E-state index in [1.807, 2.05) is 31.2 Å². The van der Waals surface area contributed by atoms with E-state index in [1.54, 1.807) is 12.3 Å². The first-order valence-electron chi connectivity index (χ1n) is 5.28. The van der Waals surface area contributed by atoms with Crippen LogP contribution in [0.5, 0.6) is 11.5 Å². The van der Waals surface area contributed by atoms with Crippen molar-refractivity contribution in [2.45, 2.75) is 13.5 Å². The number of aromatic nitrogens is 1. The maximum absolute atomic E-state index is 6.06. The van der Waals surface area contributed by atoms with Gasteiger partial charge in [0.25, 0.3) is 0 Å². The molecule has 0 bridgehead atoms. The zero-order valence-corrected chi connectivity index (χ0v) is 10.2. The van der Waals surface area contributed by atoms with Crippen molar-refractivity contribution in [3.05, 3.63) is 52.8 Å². The second-order valence-corrected chi connectivity index (χ2v) is 4.10. The van der Waals surface area contributed by atoms with Gasteiger partial charge in [-0.1, -0.05) is 17.7 Å². The number of pyridine rings is 1. The SMILES string of the molecule is Cc1ccc(Cl)c(Oc2cccnc2CN)c1. The monoisotopic (exact) mass is 248 g/mol. The molecule has 0 aliphatic carbocycles. The van der Waals surface area contributed by atoms with Gasteiger partial charge < -0.3 is 10.5 Å². The number of nitrogens with zero attached hydrogens (tertiary/aromatic N) is 1. The summed E-state index contributed by atoms with van der Waals surface area (Å²) in [6, 6.07) is 9.26. The van der Waals surface area contributed by atoms with Gasteiger partial charge >= 0.3 is 0 Å². The molecule has 0 saturated heterocycles. The molecule has 1 aromatic heterocycles. The fourth-order valence-electron chi connectivity index (χ4n) is 1.48. The fourth-order valence-corrected chi connectivity index (χ4v) is 1.63. The van der Waals surface area contributed by atoms with E-state index in [0.29, 0.717) is 28.8 Å². The highest BCUT2D eigenvalue weighted by molar-refractivity contribution is 6.32. The molecule has 3 nitrogen and oxygen atoms in total. The topological polar surface area (TPSA) is 48.1 Å². The number of benzene rings is 1. The molecular weight excluding hydrogens is 236 g/mol. The van der Waals surface area contributed by atoms with E-state index < -0.39 is 0 Å². The minimum atomic E-state index is 0.333. The van der Waals surface area contributed by atoms with Crippen molar-refractivity contribution in [3.63, 3.8) is 0 Å². The molecule has 0 fully saturated rings. The maximum atomic E-state index is 6.06. The molecule has 0 radical (unpaired) electrons. The number of aryl methyl sites for hydroxylation is 1. The Morgan fingerprint density at radius 2 is 2.12 bits per heavy atom. The molecule has 2 N–H and O–H groups in total. The van der Waals surface area contributed by atoms with Gasteiger partial charge in [0, 0.05) is 12.7 Å². The van der Waals surface area contributed by atoms with Crippen LogP contribution in [0.25, 0.3) is 0 Å². The summed E-state index contributed by atoms with van der Waals surface area (Å²) >= 11 is 6.06. The van der Waals surface area contributed by atoms with Crippen LogP contribution in [0, 0.1) is 6.92 Å². The molecule has 4 heteroatoms. The number of ether oxygens (including phenoxy) is 1. The molecule has 0 spiro atoms. The molecule has 88 valence electrons. The zero-order valence-electron chi connectivity index (χ0n) is 9.48. The summed E-state index contributed by atoms with van der Waals surface area (Å²) in [7, 11) is 0. The van der Waals surface area contributed by atoms with E-state index >= 15 is 0 Å². The van der Waals surface area contributed by atoms with Crippen molar-refractivity contribution in [1.82, 2.24) is 4.98 Å². The first kappa shape index (κ1) is 11.9. The summed E-state index contributed by atoms with van der Waals surface area (Å²) in [5.41, 5.74) is 7.40. The van der Waals surface area contributed by atoms with Gasteiger partial charge in [0.2, 0.25) is 0 Å². The van der Waals surface area contributed by atoms with E-state index in [-0.39, 0.29) is 0 Å². The largest absolute Gasteiger partial charge is 0.454 e. The maximum Gasteiger partial charge on any atom is 0.150 e. The number of nitrogens with two attached hydrogens (primary N) is 1. The van der Waals surface area contributed by atoms with E-state index in [1.165, 1.54) is 0 Å². The lowest BCUT2D eigenvalue weighted by Gasteiger charge is -2.10. The highest BCUT2D eigenvalue weighted by Gasteiger charge is 2.07. The average molecular weight is 249 g/mol. The van der Waals surface area contributed by atoms with Crippen molar-refractivity contribution in [3.8, 4) is 11.5 Å². The molecule has 2 rings (SSSR count). The van der Waals surface area contributed by atoms with E-state index in [2.05, 4.69) is 4.98 Å². The molecule has 2 aromatic rings. The van der Waals surface area contributed by atoms with Crippen molar-refractivity contribution in [2.75, 3.05) is 0 Å². The van der Waals surface area contributed by atoms with Crippen LogP contribution >= 0.6 is 11.6 Å². The van der Waals surface area contributed by atoms with Gasteiger partial charge in [-0.3, -0.25) is 4.98 Å². The van der Waals surface area contributed by atoms with Gasteiger partial charge in [-0.25, -0.2) is 0 Å². The highest BCUT2D eigenvalue weighted by Crippen LogP contribution is 2.31. The average Bonchev–Trinajstić information content (AvgIpc) is 2.34. The summed E-state index contributed by atoms with van der Waals surface area (Å²) in [5, 5.41) is 0.572. The van der Waals surface area contributed by atoms with E-state index in [9.17, 15) is 0 Å². The Morgan fingerprint density at radius 1 is 1.29 bits per heavy atom. The highest BCUT2D eigenvalue weighted by atomic mass is 35.5. The standard InChI is InChI=1S/C13H13ClN2O/c1-9-4-5-10(14)13(7-9)17-12-3-2-6-16-11(12)8-15/h2-7H,8,15H2,1H3. The third kappa shape index (κ3) is 2.75. The smallest absolute Gasteiger partial charge is 0.150 e. The Hall–Kier alpha value is -1.58. The number of hydrogen-bond donors (Lipinski definition) is 1. The predicted molar refractivity (Wildman–Crippen MR) is 68.4 cm³/mol. The molecule has 1 aromatic carbocycles. The molecule has 0 aliphatic rings. The molecule has 0 atom stereocenters. The fraction of sp³-hybridized carbons (Fsp3) is 0.154. The Morgan fingerprint density at radius 3 is 2.88 bits per heavy atom. The normalized spacial score (nSPS) is 10.3. The van der Waals surface area contributed by atoms with Crippen molar-refractivity contribution in [2.24, 2.45) is 5.73 Å². The van der Waals surface area contributed by atoms with Crippen LogP contribution in [0.15, 0.2) is 36.5 Å². The van der Waals surface area contributed by atoms with E-state index in [0.717, 1.165) is 5.56 Å². The molecule has 1 heterocycles. The van der Waals surface area contributed by atoms with Gasteiger partial charge in [-0.05, 0) is 36.8 Å². The van der Waals surface area contributed by atoms with Gasteiger partial charge in [-0.2, -0.15) is 0 Å². The van der Waals surface area contributed by atoms with Gasteiger partial charge in [0.15, 0.2) is 0 Å². The Kier molecular flexibility index (Phi) is 3.61. The van der Waals surface area contributed by atoms with Crippen LogP contribution in [0.1, 0.15) is 11.3 Å². The lowest BCUT2D eigenvalue weighted by Crippen LogP contribution is -2.02. The van der Waals surface area contributed by atoms with Gasteiger partial charge in [0.1, 0.15) is 11.5 Å². The molecule has 17 heavy (non-hydrogen) atoms. The van der Waals surface area contributed by atoms with Crippen LogP contribution in [0.3, 0.4) is 0 Å². The van der Waals surface area contributed by atoms with Crippen molar-refractivity contribution in [1.29, 1.82) is 0 Å². The van der Waals surface area contributed by atoms with Crippen molar-refractivity contribution < 1.29 is 4.74 Å². The van der Waals surface area contributed by atoms with Crippen LogP contribution in [-0.4, -0.2) is 4.98 Å². The van der Waals surface area contributed by atoms with Gasteiger partial charge in [0.05, 0.1) is 10.7 Å². The first-order chi connectivity index (χ1) is 8.20. The second kappa shape index (κ2) is 5.17. The second-order valence-electron chi connectivity index (χ2n) is 3.69. The Balaban J connectivity index is 2.34. The lowest BCUT2D eigenvalue weighted by molar-refractivity contribution is 0.472. The van der Waals surface area contributed by atoms with E-state index in [4.69, 9.17) is 22.1 Å². The summed E-state index contributed by atoms with van der Waals surface area (Å²) < 4.78 is 5.74. The summed E-state index contributed by atoms with van der Waals surface area (Å²) in [6.45, 7) is 2.32. The predicted octanol–water partition coefficient (Wildman–Crippen LogP) is 3.29. The quantitative estimate of drug-likeness (QED) is 0.907. The minimum Gasteiger partial charge on any atom is -0.454 e. The van der Waals surface area contributed by atoms with Crippen LogP contribution in [0.4, 0.5) is 0 Å².